The van der Waals surface area contributed by atoms with E-state index in [4.69, 9.17) is 9.47 Å². The van der Waals surface area contributed by atoms with Crippen LogP contribution in [0.3, 0.4) is 0 Å². The van der Waals surface area contributed by atoms with Gasteiger partial charge in [0, 0.05) is 7.05 Å². The van der Waals surface area contributed by atoms with Crippen molar-refractivity contribution in [3.05, 3.63) is 72.2 Å². The molecule has 0 fully saturated rings. The highest BCUT2D eigenvalue weighted by Crippen LogP contribution is 2.28. The molecule has 0 aliphatic rings. The van der Waals surface area contributed by atoms with Crippen molar-refractivity contribution in [2.45, 2.75) is 13.5 Å². The minimum absolute atomic E-state index is 0.499. The van der Waals surface area contributed by atoms with Crippen molar-refractivity contribution in [2.24, 2.45) is 7.05 Å². The Kier molecular flexibility index (Phi) is 4.23. The van der Waals surface area contributed by atoms with Crippen molar-refractivity contribution in [3.8, 4) is 17.4 Å². The molecule has 0 aliphatic heterocycles. The summed E-state index contributed by atoms with van der Waals surface area (Å²) in [5.74, 6) is 2.60. The number of hydrogen-bond donors (Lipinski definition) is 0. The van der Waals surface area contributed by atoms with E-state index in [1.54, 1.807) is 10.9 Å². The van der Waals surface area contributed by atoms with E-state index in [-0.39, 0.29) is 0 Å². The average molecular weight is 346 g/mol. The molecule has 0 bridgehead atoms. The summed E-state index contributed by atoms with van der Waals surface area (Å²) in [6, 6.07) is 17.5. The molecule has 0 atom stereocenters. The maximum atomic E-state index is 5.94. The summed E-state index contributed by atoms with van der Waals surface area (Å²) in [5, 5.41) is 5.00. The molecule has 130 valence electrons. The first kappa shape index (κ1) is 16.1. The van der Waals surface area contributed by atoms with Crippen molar-refractivity contribution >= 4 is 11.0 Å². The summed E-state index contributed by atoms with van der Waals surface area (Å²) >= 11 is 0. The van der Waals surface area contributed by atoms with Crippen LogP contribution in [-0.4, -0.2) is 19.7 Å². The lowest BCUT2D eigenvalue weighted by Crippen LogP contribution is -1.98. The Morgan fingerprint density at radius 1 is 0.923 bits per heavy atom. The first-order chi connectivity index (χ1) is 12.7. The van der Waals surface area contributed by atoms with Gasteiger partial charge < -0.3 is 9.47 Å². The highest BCUT2D eigenvalue weighted by Gasteiger charge is 2.12. The van der Waals surface area contributed by atoms with Gasteiger partial charge in [-0.2, -0.15) is 10.1 Å². The molecule has 0 aliphatic carbocycles. The molecule has 0 spiro atoms. The Hall–Kier alpha value is -3.41. The Balaban J connectivity index is 1.49. The van der Waals surface area contributed by atoms with Crippen LogP contribution in [0.15, 0.2) is 60.8 Å². The van der Waals surface area contributed by atoms with Gasteiger partial charge in [-0.15, -0.1) is 0 Å². The summed E-state index contributed by atoms with van der Waals surface area (Å²) in [7, 11) is 1.84. The van der Waals surface area contributed by atoms with E-state index in [1.807, 2.05) is 68.6 Å². The van der Waals surface area contributed by atoms with Crippen molar-refractivity contribution in [1.82, 2.24) is 19.7 Å². The van der Waals surface area contributed by atoms with Crippen LogP contribution >= 0.6 is 0 Å². The van der Waals surface area contributed by atoms with E-state index >= 15 is 0 Å². The molecular weight excluding hydrogens is 328 g/mol. The topological polar surface area (TPSA) is 62.1 Å². The monoisotopic (exact) mass is 346 g/mol. The van der Waals surface area contributed by atoms with Gasteiger partial charge in [0.2, 0.25) is 5.88 Å². The van der Waals surface area contributed by atoms with Gasteiger partial charge in [0.1, 0.15) is 29.3 Å². The van der Waals surface area contributed by atoms with Crippen molar-refractivity contribution < 1.29 is 9.47 Å². The standard InChI is InChI=1S/C20H18N4O2/c1-14-22-19-18(12-21-24(19)2)20(23-14)26-17-10-8-16(9-11-17)25-13-15-6-4-3-5-7-15/h3-12H,13H2,1-2H3. The second kappa shape index (κ2) is 6.84. The Morgan fingerprint density at radius 3 is 2.42 bits per heavy atom. The highest BCUT2D eigenvalue weighted by atomic mass is 16.5. The quantitative estimate of drug-likeness (QED) is 0.546. The largest absolute Gasteiger partial charge is 0.489 e. The van der Waals surface area contributed by atoms with Gasteiger partial charge in [-0.05, 0) is 36.8 Å². The lowest BCUT2D eigenvalue weighted by Gasteiger charge is -2.09. The number of rotatable bonds is 5. The zero-order valence-corrected chi connectivity index (χ0v) is 14.6. The number of nitrogens with zero attached hydrogens (tertiary/aromatic N) is 4. The van der Waals surface area contributed by atoms with E-state index < -0.39 is 0 Å². The Morgan fingerprint density at radius 2 is 1.65 bits per heavy atom. The fourth-order valence-corrected chi connectivity index (χ4v) is 2.63. The van der Waals surface area contributed by atoms with E-state index in [2.05, 4.69) is 15.1 Å². The number of hydrogen-bond acceptors (Lipinski definition) is 5. The molecule has 2 aromatic heterocycles. The molecule has 2 aromatic carbocycles. The third kappa shape index (κ3) is 3.35. The molecule has 0 saturated heterocycles. The Labute approximate surface area is 151 Å². The molecule has 0 N–H and O–H groups in total. The summed E-state index contributed by atoms with van der Waals surface area (Å²) in [6.07, 6.45) is 1.71. The smallest absolute Gasteiger partial charge is 0.233 e. The number of benzene rings is 2. The van der Waals surface area contributed by atoms with Gasteiger partial charge in [-0.25, -0.2) is 4.98 Å². The maximum absolute atomic E-state index is 5.94. The lowest BCUT2D eigenvalue weighted by atomic mass is 10.2. The summed E-state index contributed by atoms with van der Waals surface area (Å²) in [4.78, 5) is 8.78. The molecule has 0 amide bonds. The van der Waals surface area contributed by atoms with E-state index in [0.717, 1.165) is 22.3 Å². The van der Waals surface area contributed by atoms with E-state index in [1.165, 1.54) is 0 Å². The maximum Gasteiger partial charge on any atom is 0.233 e. The summed E-state index contributed by atoms with van der Waals surface area (Å²) in [5.41, 5.74) is 1.87. The van der Waals surface area contributed by atoms with Gasteiger partial charge in [0.15, 0.2) is 5.65 Å². The van der Waals surface area contributed by atoms with Crippen LogP contribution in [0.4, 0.5) is 0 Å². The minimum Gasteiger partial charge on any atom is -0.489 e. The molecule has 6 nitrogen and oxygen atoms in total. The SMILES string of the molecule is Cc1nc(Oc2ccc(OCc3ccccc3)cc2)c2cnn(C)c2n1. The molecular formula is C20H18N4O2. The van der Waals surface area contributed by atoms with Crippen molar-refractivity contribution in [1.29, 1.82) is 0 Å². The van der Waals surface area contributed by atoms with Crippen LogP contribution in [0, 0.1) is 6.92 Å². The van der Waals surface area contributed by atoms with Crippen molar-refractivity contribution in [2.75, 3.05) is 0 Å². The first-order valence-electron chi connectivity index (χ1n) is 8.30. The number of fused-ring (bicyclic) bond motifs is 1. The molecule has 4 rings (SSSR count). The second-order valence-corrected chi connectivity index (χ2v) is 5.93. The fraction of sp³-hybridized carbons (Fsp3) is 0.150. The normalized spacial score (nSPS) is 10.8. The molecule has 4 aromatic rings. The second-order valence-electron chi connectivity index (χ2n) is 5.93. The lowest BCUT2D eigenvalue weighted by molar-refractivity contribution is 0.305. The number of aromatic nitrogens is 4. The van der Waals surface area contributed by atoms with Crippen molar-refractivity contribution in [3.63, 3.8) is 0 Å². The molecule has 2 heterocycles. The van der Waals surface area contributed by atoms with Crippen LogP contribution in [-0.2, 0) is 13.7 Å². The minimum atomic E-state index is 0.499. The van der Waals surface area contributed by atoms with Crippen LogP contribution in [0.25, 0.3) is 11.0 Å². The van der Waals surface area contributed by atoms with Gasteiger partial charge in [0.05, 0.1) is 6.20 Å². The molecule has 0 unspecified atom stereocenters. The van der Waals surface area contributed by atoms with E-state index in [0.29, 0.717) is 24.1 Å². The highest BCUT2D eigenvalue weighted by molar-refractivity contribution is 5.80. The van der Waals surface area contributed by atoms with Gasteiger partial charge in [-0.1, -0.05) is 30.3 Å². The van der Waals surface area contributed by atoms with Gasteiger partial charge >= 0.3 is 0 Å². The predicted molar refractivity (Wildman–Crippen MR) is 98.3 cm³/mol. The predicted octanol–water partition coefficient (Wildman–Crippen LogP) is 4.04. The van der Waals surface area contributed by atoms with Gasteiger partial charge in [0.25, 0.3) is 0 Å². The number of aryl methyl sites for hydroxylation is 2. The van der Waals surface area contributed by atoms with Crippen LogP contribution < -0.4 is 9.47 Å². The zero-order valence-electron chi connectivity index (χ0n) is 14.6. The zero-order chi connectivity index (χ0) is 17.9. The van der Waals surface area contributed by atoms with Gasteiger partial charge in [-0.3, -0.25) is 4.68 Å². The summed E-state index contributed by atoms with van der Waals surface area (Å²) in [6.45, 7) is 2.36. The fourth-order valence-electron chi connectivity index (χ4n) is 2.63. The third-order valence-electron chi connectivity index (χ3n) is 3.96. The average Bonchev–Trinajstić information content (AvgIpc) is 3.03. The molecule has 26 heavy (non-hydrogen) atoms. The van der Waals surface area contributed by atoms with Crippen LogP contribution in [0.2, 0.25) is 0 Å². The first-order valence-corrected chi connectivity index (χ1v) is 8.30. The van der Waals surface area contributed by atoms with E-state index in [9.17, 15) is 0 Å². The summed E-state index contributed by atoms with van der Waals surface area (Å²) < 4.78 is 13.4. The molecule has 6 heteroatoms. The Bertz CT molecular complexity index is 1030. The number of ether oxygens (including phenoxy) is 2. The van der Waals surface area contributed by atoms with Crippen LogP contribution in [0.5, 0.6) is 17.4 Å². The molecule has 0 saturated carbocycles. The third-order valence-corrected chi connectivity index (χ3v) is 3.96. The van der Waals surface area contributed by atoms with Crippen LogP contribution in [0.1, 0.15) is 11.4 Å². The molecule has 0 radical (unpaired) electrons.